The van der Waals surface area contributed by atoms with Crippen molar-refractivity contribution in [1.82, 2.24) is 15.5 Å². The van der Waals surface area contributed by atoms with Crippen LogP contribution < -0.4 is 16.4 Å². The molecule has 2 saturated heterocycles. The molecule has 1 atom stereocenters. The van der Waals surface area contributed by atoms with E-state index >= 15 is 0 Å². The largest absolute Gasteiger partial charge is 0.383 e. The molecule has 10 heteroatoms. The lowest BCUT2D eigenvalue weighted by molar-refractivity contribution is -0.152. The van der Waals surface area contributed by atoms with Crippen LogP contribution in [0.25, 0.3) is 0 Å². The zero-order valence-corrected chi connectivity index (χ0v) is 15.4. The van der Waals surface area contributed by atoms with Gasteiger partial charge in [0.2, 0.25) is 11.8 Å². The molecule has 3 heterocycles. The highest BCUT2D eigenvalue weighted by Crippen LogP contribution is 2.34. The van der Waals surface area contributed by atoms with Crippen molar-refractivity contribution in [3.05, 3.63) is 21.9 Å². The molecule has 142 valence electrons. The molecule has 2 aliphatic heterocycles. The number of rotatable bonds is 6. The number of amidine groups is 1. The first-order valence-corrected chi connectivity index (χ1v) is 9.18. The van der Waals surface area contributed by atoms with Gasteiger partial charge in [0.1, 0.15) is 11.9 Å². The Bertz CT molecular complexity index is 701. The van der Waals surface area contributed by atoms with Gasteiger partial charge in [0.25, 0.3) is 0 Å². The van der Waals surface area contributed by atoms with E-state index in [2.05, 4.69) is 10.6 Å². The van der Waals surface area contributed by atoms with Gasteiger partial charge < -0.3 is 30.7 Å². The number of carbonyl (C=O) groups is 2. The van der Waals surface area contributed by atoms with Crippen LogP contribution in [0.1, 0.15) is 16.2 Å². The summed E-state index contributed by atoms with van der Waals surface area (Å²) in [6.45, 7) is 1.64. The zero-order valence-electron chi connectivity index (χ0n) is 14.5. The van der Waals surface area contributed by atoms with Gasteiger partial charge in [0.15, 0.2) is 5.79 Å². The molecule has 1 aromatic rings. The first-order chi connectivity index (χ1) is 12.4. The number of hydrogen-bond donors (Lipinski definition) is 4. The SMILES string of the molecule is CNCC(=O)N1CC2(CC1C(=O)NCc1ccc(C(=N)N)s1)OCCO2. The highest BCUT2D eigenvalue weighted by Gasteiger charge is 2.52. The lowest BCUT2D eigenvalue weighted by Gasteiger charge is -2.24. The molecular weight excluding hydrogens is 358 g/mol. The number of nitrogens with zero attached hydrogens (tertiary/aromatic N) is 1. The molecule has 26 heavy (non-hydrogen) atoms. The van der Waals surface area contributed by atoms with E-state index in [-0.39, 0.29) is 30.7 Å². The van der Waals surface area contributed by atoms with Crippen LogP contribution in [0.15, 0.2) is 12.1 Å². The summed E-state index contributed by atoms with van der Waals surface area (Å²) in [7, 11) is 1.69. The monoisotopic (exact) mass is 381 g/mol. The summed E-state index contributed by atoms with van der Waals surface area (Å²) in [6.07, 6.45) is 0.317. The van der Waals surface area contributed by atoms with Crippen LogP contribution in [0.2, 0.25) is 0 Å². The lowest BCUT2D eigenvalue weighted by atomic mass is 10.1. The molecule has 1 unspecified atom stereocenters. The van der Waals surface area contributed by atoms with Crippen LogP contribution >= 0.6 is 11.3 Å². The minimum absolute atomic E-state index is 0.00433. The fraction of sp³-hybridized carbons (Fsp3) is 0.562. The van der Waals surface area contributed by atoms with Crippen molar-refractivity contribution in [3.63, 3.8) is 0 Å². The normalized spacial score (nSPS) is 21.3. The number of hydrogen-bond acceptors (Lipinski definition) is 7. The van der Waals surface area contributed by atoms with Crippen LogP contribution in [0, 0.1) is 5.41 Å². The van der Waals surface area contributed by atoms with Gasteiger partial charge >= 0.3 is 0 Å². The van der Waals surface area contributed by atoms with Gasteiger partial charge in [-0.3, -0.25) is 15.0 Å². The van der Waals surface area contributed by atoms with Gasteiger partial charge in [-0.05, 0) is 19.2 Å². The Morgan fingerprint density at radius 2 is 2.15 bits per heavy atom. The quantitative estimate of drug-likeness (QED) is 0.378. The number of nitrogens with two attached hydrogens (primary N) is 1. The van der Waals surface area contributed by atoms with E-state index in [4.69, 9.17) is 20.6 Å². The molecule has 1 aromatic heterocycles. The van der Waals surface area contributed by atoms with Crippen LogP contribution in [-0.2, 0) is 25.6 Å². The molecular formula is C16H23N5O4S. The third-order valence-corrected chi connectivity index (χ3v) is 5.54. The minimum Gasteiger partial charge on any atom is -0.383 e. The van der Waals surface area contributed by atoms with Gasteiger partial charge in [-0.2, -0.15) is 0 Å². The van der Waals surface area contributed by atoms with E-state index < -0.39 is 11.8 Å². The topological polar surface area (TPSA) is 130 Å². The second-order valence-electron chi connectivity index (χ2n) is 6.28. The highest BCUT2D eigenvalue weighted by molar-refractivity contribution is 7.14. The van der Waals surface area contributed by atoms with E-state index in [1.165, 1.54) is 16.2 Å². The number of thiophene rings is 1. The lowest BCUT2D eigenvalue weighted by Crippen LogP contribution is -2.48. The van der Waals surface area contributed by atoms with Gasteiger partial charge in [-0.15, -0.1) is 11.3 Å². The van der Waals surface area contributed by atoms with Crippen molar-refractivity contribution < 1.29 is 19.1 Å². The highest BCUT2D eigenvalue weighted by atomic mass is 32.1. The maximum absolute atomic E-state index is 12.7. The molecule has 0 saturated carbocycles. The predicted octanol–water partition coefficient (Wildman–Crippen LogP) is -0.788. The molecule has 0 radical (unpaired) electrons. The summed E-state index contributed by atoms with van der Waals surface area (Å²) < 4.78 is 11.4. The summed E-state index contributed by atoms with van der Waals surface area (Å²) in [4.78, 5) is 28.2. The van der Waals surface area contributed by atoms with Crippen molar-refractivity contribution in [2.24, 2.45) is 5.73 Å². The van der Waals surface area contributed by atoms with Crippen LogP contribution in [-0.4, -0.2) is 67.7 Å². The molecule has 0 bridgehead atoms. The van der Waals surface area contributed by atoms with Crippen molar-refractivity contribution in [2.75, 3.05) is 33.4 Å². The minimum atomic E-state index is -0.879. The van der Waals surface area contributed by atoms with Crippen molar-refractivity contribution in [1.29, 1.82) is 5.41 Å². The molecule has 1 spiro atoms. The van der Waals surface area contributed by atoms with Crippen molar-refractivity contribution in [3.8, 4) is 0 Å². The van der Waals surface area contributed by atoms with E-state index in [9.17, 15) is 9.59 Å². The fourth-order valence-corrected chi connectivity index (χ4v) is 4.01. The summed E-state index contributed by atoms with van der Waals surface area (Å²) in [6, 6.07) is 2.94. The second-order valence-corrected chi connectivity index (χ2v) is 7.45. The Labute approximate surface area is 155 Å². The van der Waals surface area contributed by atoms with Crippen molar-refractivity contribution in [2.45, 2.75) is 24.8 Å². The number of nitrogens with one attached hydrogen (secondary N) is 3. The first-order valence-electron chi connectivity index (χ1n) is 8.37. The molecule has 5 N–H and O–H groups in total. The Morgan fingerprint density at radius 3 is 2.77 bits per heavy atom. The molecule has 9 nitrogen and oxygen atoms in total. The zero-order chi connectivity index (χ0) is 18.7. The number of amides is 2. The first kappa shape index (κ1) is 18.8. The van der Waals surface area contributed by atoms with Gasteiger partial charge in [0.05, 0.1) is 37.7 Å². The maximum Gasteiger partial charge on any atom is 0.243 e. The number of likely N-dealkylation sites (tertiary alicyclic amines) is 1. The molecule has 2 aliphatic rings. The number of carbonyl (C=O) groups excluding carboxylic acids is 2. The molecule has 0 aromatic carbocycles. The number of likely N-dealkylation sites (N-methyl/N-ethyl adjacent to an activating group) is 1. The molecule has 3 rings (SSSR count). The molecule has 2 amide bonds. The Kier molecular flexibility index (Phi) is 5.56. The summed E-state index contributed by atoms with van der Waals surface area (Å²) in [5.41, 5.74) is 5.46. The Balaban J connectivity index is 1.66. The Hall–Kier alpha value is -2.01. The smallest absolute Gasteiger partial charge is 0.243 e. The van der Waals surface area contributed by atoms with Gasteiger partial charge in [-0.25, -0.2) is 0 Å². The fourth-order valence-electron chi connectivity index (χ4n) is 3.20. The standard InChI is InChI=1S/C16H23N5O4S/c1-19-8-13(22)21-9-16(24-4-5-25-16)6-11(21)15(23)20-7-10-2-3-12(26-10)14(17)18/h2-3,11,19H,4-9H2,1H3,(H3,17,18)(H,20,23). The van der Waals surface area contributed by atoms with Gasteiger partial charge in [0, 0.05) is 11.3 Å². The van der Waals surface area contributed by atoms with Crippen LogP contribution in [0.4, 0.5) is 0 Å². The molecule has 2 fully saturated rings. The second kappa shape index (κ2) is 7.70. The van der Waals surface area contributed by atoms with E-state index in [1.807, 2.05) is 6.07 Å². The van der Waals surface area contributed by atoms with Crippen LogP contribution in [0.5, 0.6) is 0 Å². The third kappa shape index (κ3) is 3.88. The van der Waals surface area contributed by atoms with Gasteiger partial charge in [-0.1, -0.05) is 0 Å². The average molecular weight is 381 g/mol. The van der Waals surface area contributed by atoms with E-state index in [0.717, 1.165) is 4.88 Å². The van der Waals surface area contributed by atoms with E-state index in [1.54, 1.807) is 13.1 Å². The summed E-state index contributed by atoms with van der Waals surface area (Å²) in [5, 5.41) is 13.1. The summed E-state index contributed by atoms with van der Waals surface area (Å²) >= 11 is 1.36. The maximum atomic E-state index is 12.7. The number of ether oxygens (including phenoxy) is 2. The predicted molar refractivity (Wildman–Crippen MR) is 95.9 cm³/mol. The Morgan fingerprint density at radius 1 is 1.42 bits per heavy atom. The van der Waals surface area contributed by atoms with Crippen molar-refractivity contribution >= 4 is 29.0 Å². The van der Waals surface area contributed by atoms with Crippen LogP contribution in [0.3, 0.4) is 0 Å². The average Bonchev–Trinajstić information content (AvgIpc) is 3.33. The number of nitrogen functional groups attached to an aromatic ring is 1. The van der Waals surface area contributed by atoms with E-state index in [0.29, 0.717) is 31.1 Å². The summed E-state index contributed by atoms with van der Waals surface area (Å²) in [5.74, 6) is -1.29. The molecule has 0 aliphatic carbocycles. The third-order valence-electron chi connectivity index (χ3n) is 4.42.